The second-order valence-electron chi connectivity index (χ2n) is 22.0. The summed E-state index contributed by atoms with van der Waals surface area (Å²) in [6.07, 6.45) is 62.1. The predicted octanol–water partition coefficient (Wildman–Crippen LogP) is 19.7. The van der Waals surface area contributed by atoms with Crippen LogP contribution in [0.15, 0.2) is 0 Å². The minimum Gasteiger partial charge on any atom is -0.462 e. The third-order valence-electron chi connectivity index (χ3n) is 14.5. The van der Waals surface area contributed by atoms with Crippen LogP contribution < -0.4 is 5.73 Å². The van der Waals surface area contributed by atoms with E-state index in [1.165, 1.54) is 244 Å². The van der Waals surface area contributed by atoms with E-state index in [0.717, 1.165) is 70.6 Å². The number of hydrogen-bond acceptors (Lipinski definition) is 8. The zero-order valence-electron chi connectivity index (χ0n) is 49.0. The van der Waals surface area contributed by atoms with Gasteiger partial charge in [0.1, 0.15) is 13.2 Å². The van der Waals surface area contributed by atoms with Crippen molar-refractivity contribution in [2.75, 3.05) is 19.8 Å². The summed E-state index contributed by atoms with van der Waals surface area (Å²) in [4.78, 5) is 38.1. The Bertz CT molecular complexity index is 1020. The molecule has 1 atom stereocenters. The first-order chi connectivity index (χ1) is 35.3. The van der Waals surface area contributed by atoms with Crippen molar-refractivity contribution in [3.05, 3.63) is 0 Å². The van der Waals surface area contributed by atoms with Crippen LogP contribution in [-0.4, -0.2) is 55.0 Å². The van der Waals surface area contributed by atoms with Crippen LogP contribution in [0.25, 0.3) is 0 Å². The van der Waals surface area contributed by atoms with E-state index in [1.807, 2.05) is 0 Å². The monoisotopic (exact) mass is 1020 g/mol. The second kappa shape index (κ2) is 63.6. The molecule has 0 aliphatic carbocycles. The fraction of sp³-hybridized carbons (Fsp3) is 0.953. The van der Waals surface area contributed by atoms with Gasteiger partial charge in [-0.05, 0) is 25.7 Å². The maximum atomic E-state index is 12.8. The molecule has 1 unspecified atom stereocenters. The number of carbonyl (C=O) groups excluding carboxylic acids is 3. The zero-order chi connectivity index (χ0) is 52.9. The summed E-state index contributed by atoms with van der Waals surface area (Å²) in [5, 5.41) is 8.96. The Labute approximate surface area is 449 Å². The molecule has 8 nitrogen and oxygen atoms in total. The molecule has 0 bridgehead atoms. The van der Waals surface area contributed by atoms with Gasteiger partial charge < -0.3 is 25.1 Å². The smallest absolute Gasteiger partial charge is 0.306 e. The van der Waals surface area contributed by atoms with E-state index in [-0.39, 0.29) is 37.2 Å². The molecule has 0 aromatic rings. The number of rotatable bonds is 58. The largest absolute Gasteiger partial charge is 0.462 e. The summed E-state index contributed by atoms with van der Waals surface area (Å²) in [7, 11) is 0. The average molecular weight is 1020 g/mol. The maximum absolute atomic E-state index is 12.8. The highest BCUT2D eigenvalue weighted by molar-refractivity contribution is 5.71. The fourth-order valence-corrected chi connectivity index (χ4v) is 9.55. The van der Waals surface area contributed by atoms with Crippen LogP contribution in [0.5, 0.6) is 0 Å². The Balaban J connectivity index is 0. The SMILES string of the molecule is CCCCCC(O)CN.CCCCCCCCCCCCCCCCCC(=O)OCC(COC(=O)CCCCCCCCCCCCCCCCC)OC(=O)CCCCCCCCCCCCCCCCC. The molecule has 0 spiro atoms. The van der Waals surface area contributed by atoms with E-state index in [9.17, 15) is 14.4 Å². The van der Waals surface area contributed by atoms with Crippen molar-refractivity contribution in [3.8, 4) is 0 Å². The molecule has 0 aromatic carbocycles. The van der Waals surface area contributed by atoms with Gasteiger partial charge in [-0.25, -0.2) is 0 Å². The number of carbonyl (C=O) groups is 3. The van der Waals surface area contributed by atoms with Crippen molar-refractivity contribution in [3.63, 3.8) is 0 Å². The van der Waals surface area contributed by atoms with E-state index >= 15 is 0 Å². The molecule has 430 valence electrons. The topological polar surface area (TPSA) is 125 Å². The van der Waals surface area contributed by atoms with Crippen LogP contribution in [0, 0.1) is 0 Å². The van der Waals surface area contributed by atoms with E-state index in [2.05, 4.69) is 27.7 Å². The third-order valence-corrected chi connectivity index (χ3v) is 14.5. The highest BCUT2D eigenvalue weighted by Gasteiger charge is 2.19. The molecule has 0 saturated carbocycles. The molecule has 0 radical (unpaired) electrons. The molecule has 0 aromatic heterocycles. The maximum Gasteiger partial charge on any atom is 0.306 e. The highest BCUT2D eigenvalue weighted by atomic mass is 16.6. The molecule has 72 heavy (non-hydrogen) atoms. The van der Waals surface area contributed by atoms with Crippen LogP contribution in [0.3, 0.4) is 0 Å². The summed E-state index contributed by atoms with van der Waals surface area (Å²) < 4.78 is 16.9. The predicted molar refractivity (Wildman–Crippen MR) is 310 cm³/mol. The second-order valence-corrected chi connectivity index (χ2v) is 22.0. The van der Waals surface area contributed by atoms with E-state index in [0.29, 0.717) is 25.8 Å². The Morgan fingerprint density at radius 1 is 0.319 bits per heavy atom. The van der Waals surface area contributed by atoms with Crippen LogP contribution in [-0.2, 0) is 28.6 Å². The fourth-order valence-electron chi connectivity index (χ4n) is 9.55. The van der Waals surface area contributed by atoms with Gasteiger partial charge in [-0.2, -0.15) is 0 Å². The van der Waals surface area contributed by atoms with E-state index in [4.69, 9.17) is 25.1 Å². The molecule has 8 heteroatoms. The zero-order valence-corrected chi connectivity index (χ0v) is 49.0. The molecule has 3 N–H and O–H groups in total. The lowest BCUT2D eigenvalue weighted by Crippen LogP contribution is -2.30. The molecule has 0 fully saturated rings. The van der Waals surface area contributed by atoms with E-state index < -0.39 is 6.10 Å². The number of hydrogen-bond donors (Lipinski definition) is 2. The molecule has 0 rings (SSSR count). The van der Waals surface area contributed by atoms with Gasteiger partial charge in [0.05, 0.1) is 6.10 Å². The molecule has 0 heterocycles. The molecule has 0 saturated heterocycles. The lowest BCUT2D eigenvalue weighted by Gasteiger charge is -2.18. The van der Waals surface area contributed by atoms with Gasteiger partial charge in [0.2, 0.25) is 0 Å². The van der Waals surface area contributed by atoms with Gasteiger partial charge in [0.15, 0.2) is 6.10 Å². The number of ether oxygens (including phenoxy) is 3. The molecular weight excluding hydrogens is 895 g/mol. The van der Waals surface area contributed by atoms with Crippen molar-refractivity contribution in [1.29, 1.82) is 0 Å². The van der Waals surface area contributed by atoms with Crippen LogP contribution >= 0.6 is 0 Å². The number of aliphatic hydroxyl groups excluding tert-OH is 1. The molecule has 0 amide bonds. The van der Waals surface area contributed by atoms with Crippen molar-refractivity contribution >= 4 is 17.9 Å². The first-order valence-electron chi connectivity index (χ1n) is 32.2. The number of nitrogens with two attached hydrogens (primary N) is 1. The Morgan fingerprint density at radius 3 is 0.764 bits per heavy atom. The van der Waals surface area contributed by atoms with Gasteiger partial charge in [-0.1, -0.05) is 317 Å². The quantitative estimate of drug-likeness (QED) is 0.0351. The highest BCUT2D eigenvalue weighted by Crippen LogP contribution is 2.18. The number of esters is 3. The summed E-state index contributed by atoms with van der Waals surface area (Å²) >= 11 is 0. The van der Waals surface area contributed by atoms with Crippen LogP contribution in [0.2, 0.25) is 0 Å². The average Bonchev–Trinajstić information content (AvgIpc) is 3.38. The van der Waals surface area contributed by atoms with Gasteiger partial charge in [0.25, 0.3) is 0 Å². The summed E-state index contributed by atoms with van der Waals surface area (Å²) in [5.74, 6) is -0.832. The van der Waals surface area contributed by atoms with Crippen LogP contribution in [0.4, 0.5) is 0 Å². The Kier molecular flexibility index (Phi) is 64.0. The summed E-state index contributed by atoms with van der Waals surface area (Å²) in [6, 6.07) is 0. The van der Waals surface area contributed by atoms with Gasteiger partial charge in [0, 0.05) is 25.8 Å². The van der Waals surface area contributed by atoms with Crippen molar-refractivity contribution in [2.24, 2.45) is 5.73 Å². The Morgan fingerprint density at radius 2 is 0.528 bits per heavy atom. The lowest BCUT2D eigenvalue weighted by atomic mass is 10.0. The minimum atomic E-state index is -0.760. The minimum absolute atomic E-state index is 0.0611. The van der Waals surface area contributed by atoms with Gasteiger partial charge in [-0.3, -0.25) is 14.4 Å². The normalized spacial score (nSPS) is 11.7. The molecule has 0 aliphatic rings. The first-order valence-corrected chi connectivity index (χ1v) is 32.2. The van der Waals surface area contributed by atoms with Crippen molar-refractivity contribution < 1.29 is 33.7 Å². The van der Waals surface area contributed by atoms with Gasteiger partial charge in [-0.15, -0.1) is 0 Å². The third kappa shape index (κ3) is 62.6. The van der Waals surface area contributed by atoms with Crippen molar-refractivity contribution in [2.45, 2.75) is 374 Å². The standard InChI is InChI=1S/C57H110O6.C7H17NO/c1-4-7-10-13-16-19-22-25-28-31-34-37-40-43-46-49-55(58)61-52-54(63-57(60)51-48-45-42-39-36-33-30-27-24-21-18-15-12-9-6-3)53-62-56(59)50-47-44-41-38-35-32-29-26-23-20-17-14-11-8-5-2;1-2-3-4-5-7(9)6-8/h54H,4-53H2,1-3H3;7,9H,2-6,8H2,1H3. The number of aliphatic hydroxyl groups is 1. The number of unbranched alkanes of at least 4 members (excludes halogenated alkanes) is 44. The van der Waals surface area contributed by atoms with Gasteiger partial charge >= 0.3 is 17.9 Å². The molecule has 0 aliphatic heterocycles. The Hall–Kier alpha value is -1.67. The molecular formula is C64H127NO7. The lowest BCUT2D eigenvalue weighted by molar-refractivity contribution is -0.167. The van der Waals surface area contributed by atoms with E-state index in [1.54, 1.807) is 0 Å². The van der Waals surface area contributed by atoms with Crippen molar-refractivity contribution in [1.82, 2.24) is 0 Å². The van der Waals surface area contributed by atoms with Crippen LogP contribution in [0.1, 0.15) is 362 Å². The summed E-state index contributed by atoms with van der Waals surface area (Å²) in [6.45, 7) is 9.26. The summed E-state index contributed by atoms with van der Waals surface area (Å²) in [5.41, 5.74) is 5.20. The first kappa shape index (κ1) is 72.4.